The third kappa shape index (κ3) is 2.98. The normalized spacial score (nSPS) is 11.1. The van der Waals surface area contributed by atoms with E-state index in [0.717, 1.165) is 6.07 Å². The van der Waals surface area contributed by atoms with Crippen molar-refractivity contribution in [1.29, 1.82) is 5.26 Å². The van der Waals surface area contributed by atoms with Crippen LogP contribution in [0.3, 0.4) is 0 Å². The first-order valence-corrected chi connectivity index (χ1v) is 4.49. The van der Waals surface area contributed by atoms with E-state index in [0.29, 0.717) is 5.56 Å². The molecule has 1 aromatic carbocycles. The molecule has 0 aliphatic carbocycles. The van der Waals surface area contributed by atoms with Crippen molar-refractivity contribution in [3.8, 4) is 6.07 Å². The summed E-state index contributed by atoms with van der Waals surface area (Å²) in [4.78, 5) is 0. The van der Waals surface area contributed by atoms with Gasteiger partial charge < -0.3 is 0 Å². The van der Waals surface area contributed by atoms with Crippen LogP contribution in [0, 0.1) is 18.3 Å². The van der Waals surface area contributed by atoms with Gasteiger partial charge in [0.2, 0.25) is 0 Å². The summed E-state index contributed by atoms with van der Waals surface area (Å²) in [6.45, 7) is 1.61. The Morgan fingerprint density at radius 1 is 1.33 bits per heavy atom. The third-order valence-corrected chi connectivity index (χ3v) is 2.08. The molecule has 4 heteroatoms. The molecule has 15 heavy (non-hydrogen) atoms. The van der Waals surface area contributed by atoms with Crippen molar-refractivity contribution in [2.75, 3.05) is 0 Å². The van der Waals surface area contributed by atoms with Gasteiger partial charge in [-0.3, -0.25) is 0 Å². The maximum absolute atomic E-state index is 12.6. The van der Waals surface area contributed by atoms with Crippen molar-refractivity contribution in [1.82, 2.24) is 0 Å². The molecule has 0 amide bonds. The molecule has 0 bridgehead atoms. The molecule has 0 saturated heterocycles. The molecule has 0 N–H and O–H groups in total. The first-order valence-electron chi connectivity index (χ1n) is 4.49. The van der Waals surface area contributed by atoms with Crippen LogP contribution < -0.4 is 0 Å². The number of hydrogen-bond donors (Lipinski definition) is 0. The van der Waals surface area contributed by atoms with Crippen molar-refractivity contribution in [2.45, 2.75) is 25.9 Å². The van der Waals surface area contributed by atoms with Crippen molar-refractivity contribution < 1.29 is 13.2 Å². The van der Waals surface area contributed by atoms with Gasteiger partial charge in [0.05, 0.1) is 11.6 Å². The standard InChI is InChI=1S/C11H10F3N/c1-8-4-5-9(3-2-6-15)10(7-8)11(12,13)14/h4-5,7H,2-3H2,1H3. The zero-order valence-corrected chi connectivity index (χ0v) is 8.23. The molecular formula is C11H10F3N. The van der Waals surface area contributed by atoms with Gasteiger partial charge in [-0.05, 0) is 25.0 Å². The largest absolute Gasteiger partial charge is 0.416 e. The summed E-state index contributed by atoms with van der Waals surface area (Å²) < 4.78 is 37.7. The number of aryl methyl sites for hydroxylation is 2. The summed E-state index contributed by atoms with van der Waals surface area (Å²) in [6, 6.07) is 6.03. The molecule has 0 atom stereocenters. The molecule has 80 valence electrons. The fourth-order valence-corrected chi connectivity index (χ4v) is 1.36. The van der Waals surface area contributed by atoms with Gasteiger partial charge in [0.1, 0.15) is 0 Å². The minimum atomic E-state index is -4.34. The predicted octanol–water partition coefficient (Wildman–Crippen LogP) is 3.47. The van der Waals surface area contributed by atoms with E-state index in [1.807, 2.05) is 6.07 Å². The van der Waals surface area contributed by atoms with Crippen LogP contribution in [0.25, 0.3) is 0 Å². The lowest BCUT2D eigenvalue weighted by molar-refractivity contribution is -0.138. The lowest BCUT2D eigenvalue weighted by atomic mass is 10.0. The Labute approximate surface area is 86.1 Å². The topological polar surface area (TPSA) is 23.8 Å². The monoisotopic (exact) mass is 213 g/mol. The van der Waals surface area contributed by atoms with Crippen LogP contribution in [-0.4, -0.2) is 0 Å². The number of halogens is 3. The van der Waals surface area contributed by atoms with Crippen molar-refractivity contribution in [3.63, 3.8) is 0 Å². The van der Waals surface area contributed by atoms with Crippen molar-refractivity contribution in [2.24, 2.45) is 0 Å². The lowest BCUT2D eigenvalue weighted by Gasteiger charge is -2.12. The van der Waals surface area contributed by atoms with Crippen LogP contribution in [0.15, 0.2) is 18.2 Å². The zero-order valence-electron chi connectivity index (χ0n) is 8.23. The number of hydrogen-bond acceptors (Lipinski definition) is 1. The molecule has 0 unspecified atom stereocenters. The second kappa shape index (κ2) is 4.35. The van der Waals surface area contributed by atoms with Crippen LogP contribution in [0.1, 0.15) is 23.1 Å². The predicted molar refractivity (Wildman–Crippen MR) is 50.1 cm³/mol. The Bertz CT molecular complexity index is 388. The summed E-state index contributed by atoms with van der Waals surface area (Å²) >= 11 is 0. The van der Waals surface area contributed by atoms with E-state index >= 15 is 0 Å². The van der Waals surface area contributed by atoms with Crippen LogP contribution >= 0.6 is 0 Å². The van der Waals surface area contributed by atoms with Crippen molar-refractivity contribution in [3.05, 3.63) is 34.9 Å². The first kappa shape index (κ1) is 11.6. The SMILES string of the molecule is Cc1ccc(CCC#N)c(C(F)(F)F)c1. The fraction of sp³-hybridized carbons (Fsp3) is 0.364. The molecule has 0 aromatic heterocycles. The van der Waals surface area contributed by atoms with Gasteiger partial charge in [0.15, 0.2) is 0 Å². The average Bonchev–Trinajstić information content (AvgIpc) is 2.14. The molecule has 1 nitrogen and oxygen atoms in total. The number of benzene rings is 1. The molecular weight excluding hydrogens is 203 g/mol. The second-order valence-corrected chi connectivity index (χ2v) is 3.32. The second-order valence-electron chi connectivity index (χ2n) is 3.32. The molecule has 0 fully saturated rings. The maximum Gasteiger partial charge on any atom is 0.416 e. The Balaban J connectivity index is 3.10. The summed E-state index contributed by atoms with van der Waals surface area (Å²) in [5.41, 5.74) is 0.135. The maximum atomic E-state index is 12.6. The van der Waals surface area contributed by atoms with E-state index in [-0.39, 0.29) is 18.4 Å². The first-order chi connectivity index (χ1) is 6.95. The van der Waals surface area contributed by atoms with E-state index < -0.39 is 11.7 Å². The quantitative estimate of drug-likeness (QED) is 0.737. The van der Waals surface area contributed by atoms with Gasteiger partial charge in [-0.25, -0.2) is 0 Å². The van der Waals surface area contributed by atoms with Crippen molar-refractivity contribution >= 4 is 0 Å². The van der Waals surface area contributed by atoms with Crippen LogP contribution in [0.2, 0.25) is 0 Å². The number of rotatable bonds is 2. The van der Waals surface area contributed by atoms with Gasteiger partial charge in [-0.1, -0.05) is 17.7 Å². The summed E-state index contributed by atoms with van der Waals surface area (Å²) in [7, 11) is 0. The smallest absolute Gasteiger partial charge is 0.198 e. The average molecular weight is 213 g/mol. The van der Waals surface area contributed by atoms with E-state index in [9.17, 15) is 13.2 Å². The molecule has 0 aliphatic heterocycles. The van der Waals surface area contributed by atoms with Gasteiger partial charge >= 0.3 is 6.18 Å². The fourth-order valence-electron chi connectivity index (χ4n) is 1.36. The number of nitrogens with zero attached hydrogens (tertiary/aromatic N) is 1. The van der Waals surface area contributed by atoms with E-state index in [1.54, 1.807) is 13.0 Å². The van der Waals surface area contributed by atoms with E-state index in [1.165, 1.54) is 6.07 Å². The highest BCUT2D eigenvalue weighted by atomic mass is 19.4. The Morgan fingerprint density at radius 2 is 2.00 bits per heavy atom. The lowest BCUT2D eigenvalue weighted by Crippen LogP contribution is -2.09. The molecule has 0 spiro atoms. The molecule has 0 heterocycles. The minimum absolute atomic E-state index is 0.103. The zero-order chi connectivity index (χ0) is 11.5. The highest BCUT2D eigenvalue weighted by Gasteiger charge is 2.32. The molecule has 0 saturated carbocycles. The van der Waals surface area contributed by atoms with Crippen LogP contribution in [0.5, 0.6) is 0 Å². The summed E-state index contributed by atoms with van der Waals surface area (Å²) in [5.74, 6) is 0. The van der Waals surface area contributed by atoms with Gasteiger partial charge in [-0.2, -0.15) is 18.4 Å². The van der Waals surface area contributed by atoms with Gasteiger partial charge in [0, 0.05) is 6.42 Å². The molecule has 1 rings (SSSR count). The Kier molecular flexibility index (Phi) is 3.35. The number of nitriles is 1. The molecule has 1 aromatic rings. The van der Waals surface area contributed by atoms with Crippen LogP contribution in [-0.2, 0) is 12.6 Å². The molecule has 0 aliphatic rings. The summed E-state index contributed by atoms with van der Waals surface area (Å²) in [5, 5.41) is 8.34. The number of alkyl halides is 3. The Morgan fingerprint density at radius 3 is 2.53 bits per heavy atom. The third-order valence-electron chi connectivity index (χ3n) is 2.08. The summed E-state index contributed by atoms with van der Waals surface area (Å²) in [6.07, 6.45) is -4.09. The minimum Gasteiger partial charge on any atom is -0.198 e. The highest BCUT2D eigenvalue weighted by Crippen LogP contribution is 2.33. The van der Waals surface area contributed by atoms with Crippen LogP contribution in [0.4, 0.5) is 13.2 Å². The molecule has 0 radical (unpaired) electrons. The van der Waals surface area contributed by atoms with Gasteiger partial charge in [-0.15, -0.1) is 0 Å². The van der Waals surface area contributed by atoms with Gasteiger partial charge in [0.25, 0.3) is 0 Å². The van der Waals surface area contributed by atoms with E-state index in [2.05, 4.69) is 0 Å². The highest BCUT2D eigenvalue weighted by molar-refractivity contribution is 5.34. The Hall–Kier alpha value is -1.50. The van der Waals surface area contributed by atoms with E-state index in [4.69, 9.17) is 5.26 Å².